The Labute approximate surface area is 333 Å². The van der Waals surface area contributed by atoms with Crippen molar-refractivity contribution in [3.63, 3.8) is 0 Å². The summed E-state index contributed by atoms with van der Waals surface area (Å²) in [7, 11) is 2.23. The predicted octanol–water partition coefficient (Wildman–Crippen LogP) is 12.3. The van der Waals surface area contributed by atoms with Crippen molar-refractivity contribution in [2.45, 2.75) is 24.2 Å². The van der Waals surface area contributed by atoms with Gasteiger partial charge in [0.15, 0.2) is 0 Å². The maximum atomic E-state index is 5.68. The molecule has 3 unspecified atom stereocenters. The van der Waals surface area contributed by atoms with Crippen molar-refractivity contribution in [3.05, 3.63) is 240 Å². The van der Waals surface area contributed by atoms with Crippen LogP contribution < -0.4 is 0 Å². The van der Waals surface area contributed by atoms with E-state index in [4.69, 9.17) is 4.99 Å². The quantitative estimate of drug-likeness (QED) is 0.113. The van der Waals surface area contributed by atoms with Gasteiger partial charge in [0, 0.05) is 10.8 Å². The molecule has 0 radical (unpaired) electrons. The Morgan fingerprint density at radius 3 is 1.86 bits per heavy atom. The van der Waals surface area contributed by atoms with Crippen LogP contribution in [0.1, 0.15) is 39.4 Å². The lowest BCUT2D eigenvalue weighted by Crippen LogP contribution is -2.28. The van der Waals surface area contributed by atoms with Crippen LogP contribution >= 0.6 is 0 Å². The summed E-state index contributed by atoms with van der Waals surface area (Å²) >= 11 is 0. The lowest BCUT2D eigenvalue weighted by Gasteiger charge is -2.34. The Balaban J connectivity index is 1.13. The summed E-state index contributed by atoms with van der Waals surface area (Å²) in [6.07, 6.45) is 0. The van der Waals surface area contributed by atoms with E-state index in [0.717, 1.165) is 11.3 Å². The third-order valence-electron chi connectivity index (χ3n) is 12.5. The SMILES string of the molecule is CN1C(/C(=N\Cn2c3ccccc3c3cc4c(cc32)C(c2ccccc2)(c2ccccc2)c2ccccc2-4)c2cccc(-c3ccccc3)c2)C1c1ccccc1. The highest BCUT2D eigenvalue weighted by Gasteiger charge is 2.49. The maximum absolute atomic E-state index is 5.68. The molecule has 8 aromatic carbocycles. The fourth-order valence-corrected chi connectivity index (χ4v) is 9.87. The van der Waals surface area contributed by atoms with Gasteiger partial charge in [-0.3, -0.25) is 9.89 Å². The van der Waals surface area contributed by atoms with Gasteiger partial charge in [-0.05, 0) is 86.9 Å². The third kappa shape index (κ3) is 5.27. The summed E-state index contributed by atoms with van der Waals surface area (Å²) < 4.78 is 2.45. The molecule has 9 aromatic rings. The van der Waals surface area contributed by atoms with E-state index in [2.05, 4.69) is 223 Å². The zero-order valence-corrected chi connectivity index (χ0v) is 31.8. The zero-order chi connectivity index (χ0) is 37.9. The molecule has 3 nitrogen and oxygen atoms in total. The summed E-state index contributed by atoms with van der Waals surface area (Å²) in [6.45, 7) is 0.496. The number of aromatic nitrogens is 1. The normalized spacial score (nSPS) is 18.1. The standard InChI is InChI=1S/C54H41N3/c1-56-52(38-21-8-3-9-22-38)53(56)51(40-24-18-23-39(33-40)37-19-6-2-7-20-37)55-36-57-49-32-17-15-30-44(49)46-34-45-43-29-14-16-31-47(43)54(48(45)35-50(46)57,41-25-10-4-11-26-41)42-27-12-5-13-28-42/h2-35,52-53H,36H2,1H3/b55-51-. The first-order chi connectivity index (χ1) is 28.2. The molecule has 1 saturated heterocycles. The van der Waals surface area contributed by atoms with Gasteiger partial charge in [-0.15, -0.1) is 0 Å². The number of hydrogen-bond donors (Lipinski definition) is 0. The van der Waals surface area contributed by atoms with Gasteiger partial charge in [-0.2, -0.15) is 0 Å². The van der Waals surface area contributed by atoms with Gasteiger partial charge in [0.1, 0.15) is 6.67 Å². The molecule has 0 saturated carbocycles. The van der Waals surface area contributed by atoms with E-state index in [1.165, 1.54) is 71.9 Å². The number of benzene rings is 8. The van der Waals surface area contributed by atoms with Gasteiger partial charge < -0.3 is 4.57 Å². The highest BCUT2D eigenvalue weighted by molar-refractivity contribution is 6.11. The topological polar surface area (TPSA) is 20.3 Å². The number of nitrogens with zero attached hydrogens (tertiary/aromatic N) is 3. The van der Waals surface area contributed by atoms with E-state index >= 15 is 0 Å². The van der Waals surface area contributed by atoms with Crippen LogP contribution in [-0.2, 0) is 12.1 Å². The van der Waals surface area contributed by atoms with Crippen LogP contribution in [0.2, 0.25) is 0 Å². The summed E-state index contributed by atoms with van der Waals surface area (Å²) in [5, 5.41) is 2.50. The average molecular weight is 732 g/mol. The maximum Gasteiger partial charge on any atom is 0.115 e. The van der Waals surface area contributed by atoms with Gasteiger partial charge in [-0.1, -0.05) is 182 Å². The van der Waals surface area contributed by atoms with E-state index in [9.17, 15) is 0 Å². The number of likely N-dealkylation sites (N-methyl/N-ethyl adjacent to an activating group) is 1. The van der Waals surface area contributed by atoms with Crippen molar-refractivity contribution >= 4 is 27.5 Å². The molecule has 3 heteroatoms. The number of fused-ring (bicyclic) bond motifs is 6. The zero-order valence-electron chi connectivity index (χ0n) is 31.8. The van der Waals surface area contributed by atoms with Crippen LogP contribution in [0.3, 0.4) is 0 Å². The first kappa shape index (κ1) is 33.5. The van der Waals surface area contributed by atoms with Crippen molar-refractivity contribution in [1.29, 1.82) is 0 Å². The van der Waals surface area contributed by atoms with E-state index in [0.29, 0.717) is 6.67 Å². The highest BCUT2D eigenvalue weighted by atomic mass is 15.3. The van der Waals surface area contributed by atoms with Gasteiger partial charge in [-0.25, -0.2) is 0 Å². The first-order valence-corrected chi connectivity index (χ1v) is 20.0. The molecular formula is C54H41N3. The van der Waals surface area contributed by atoms with Gasteiger partial charge >= 0.3 is 0 Å². The molecule has 1 aliphatic heterocycles. The number of hydrogen-bond acceptors (Lipinski definition) is 2. The molecule has 1 aromatic heterocycles. The minimum absolute atomic E-state index is 0.161. The molecule has 3 atom stereocenters. The van der Waals surface area contributed by atoms with E-state index in [1.54, 1.807) is 0 Å². The molecule has 0 spiro atoms. The molecule has 272 valence electrons. The number of rotatable bonds is 8. The van der Waals surface area contributed by atoms with Gasteiger partial charge in [0.2, 0.25) is 0 Å². The number of aliphatic imine (C=N–C) groups is 1. The second-order valence-corrected chi connectivity index (χ2v) is 15.5. The summed E-state index contributed by atoms with van der Waals surface area (Å²) in [5.41, 5.74) is 15.7. The average Bonchev–Trinajstić information content (AvgIpc) is 3.72. The smallest absolute Gasteiger partial charge is 0.115 e. The summed E-state index contributed by atoms with van der Waals surface area (Å²) in [4.78, 5) is 8.14. The minimum Gasteiger partial charge on any atom is -0.320 e. The molecule has 11 rings (SSSR count). The molecule has 1 aliphatic carbocycles. The van der Waals surface area contributed by atoms with Gasteiger partial charge in [0.25, 0.3) is 0 Å². The Morgan fingerprint density at radius 2 is 1.12 bits per heavy atom. The third-order valence-corrected chi connectivity index (χ3v) is 12.5. The second kappa shape index (κ2) is 13.4. The van der Waals surface area contributed by atoms with Gasteiger partial charge in [0.05, 0.1) is 34.2 Å². The van der Waals surface area contributed by atoms with Crippen LogP contribution in [0.25, 0.3) is 44.1 Å². The Hall–Kier alpha value is -6.81. The molecular weight excluding hydrogens is 691 g/mol. The molecule has 1 fully saturated rings. The monoisotopic (exact) mass is 731 g/mol. The molecule has 2 heterocycles. The number of para-hydroxylation sites is 1. The van der Waals surface area contributed by atoms with Crippen LogP contribution in [0.4, 0.5) is 0 Å². The van der Waals surface area contributed by atoms with Crippen LogP contribution in [0.15, 0.2) is 211 Å². The summed E-state index contributed by atoms with van der Waals surface area (Å²) in [6, 6.07) is 75.9. The first-order valence-electron chi connectivity index (χ1n) is 20.0. The molecule has 0 bridgehead atoms. The lowest BCUT2D eigenvalue weighted by molar-refractivity contribution is 0.617. The second-order valence-electron chi connectivity index (χ2n) is 15.5. The van der Waals surface area contributed by atoms with Crippen molar-refractivity contribution in [2.75, 3.05) is 7.05 Å². The lowest BCUT2D eigenvalue weighted by atomic mass is 9.67. The van der Waals surface area contributed by atoms with Crippen LogP contribution in [0, 0.1) is 0 Å². The van der Waals surface area contributed by atoms with Crippen LogP contribution in [0.5, 0.6) is 0 Å². The Morgan fingerprint density at radius 1 is 0.509 bits per heavy atom. The predicted molar refractivity (Wildman–Crippen MR) is 236 cm³/mol. The molecule has 0 amide bonds. The Bertz CT molecular complexity index is 2910. The minimum atomic E-state index is -0.476. The van der Waals surface area contributed by atoms with E-state index < -0.39 is 5.41 Å². The van der Waals surface area contributed by atoms with Crippen molar-refractivity contribution in [2.24, 2.45) is 4.99 Å². The highest BCUT2D eigenvalue weighted by Crippen LogP contribution is 2.57. The molecule has 0 N–H and O–H groups in total. The van der Waals surface area contributed by atoms with Crippen molar-refractivity contribution in [3.8, 4) is 22.3 Å². The van der Waals surface area contributed by atoms with Crippen molar-refractivity contribution < 1.29 is 0 Å². The molecule has 2 aliphatic rings. The van der Waals surface area contributed by atoms with Crippen molar-refractivity contribution in [1.82, 2.24) is 9.47 Å². The van der Waals surface area contributed by atoms with E-state index in [1.807, 2.05) is 0 Å². The molecule has 57 heavy (non-hydrogen) atoms. The summed E-state index contributed by atoms with van der Waals surface area (Å²) in [5.74, 6) is 0. The van der Waals surface area contributed by atoms with Crippen LogP contribution in [-0.4, -0.2) is 28.3 Å². The Kier molecular flexibility index (Phi) is 7.90. The van der Waals surface area contributed by atoms with E-state index in [-0.39, 0.29) is 12.1 Å². The fraction of sp³-hybridized carbons (Fsp3) is 0.0926. The largest absolute Gasteiger partial charge is 0.320 e. The fourth-order valence-electron chi connectivity index (χ4n) is 9.87.